The fourth-order valence-corrected chi connectivity index (χ4v) is 3.55. The summed E-state index contributed by atoms with van der Waals surface area (Å²) >= 11 is 0. The molecule has 0 unspecified atom stereocenters. The van der Waals surface area contributed by atoms with Crippen molar-refractivity contribution in [2.75, 3.05) is 14.2 Å². The zero-order valence-corrected chi connectivity index (χ0v) is 15.7. The van der Waals surface area contributed by atoms with E-state index in [4.69, 9.17) is 9.47 Å². The summed E-state index contributed by atoms with van der Waals surface area (Å²) in [7, 11) is -1.13. The van der Waals surface area contributed by atoms with Gasteiger partial charge in [0.05, 0.1) is 30.7 Å². The summed E-state index contributed by atoms with van der Waals surface area (Å²) in [5.41, 5.74) is 1.46. The molecule has 0 spiro atoms. The molecule has 6 nitrogen and oxygen atoms in total. The molecule has 2 aromatic carbocycles. The number of sulfonamides is 1. The van der Waals surface area contributed by atoms with E-state index in [9.17, 15) is 13.2 Å². The molecular formula is C19H21NO5S. The fourth-order valence-electron chi connectivity index (χ4n) is 2.33. The molecule has 0 aliphatic rings. The zero-order valence-electron chi connectivity index (χ0n) is 14.9. The third-order valence-corrected chi connectivity index (χ3v) is 5.29. The van der Waals surface area contributed by atoms with Gasteiger partial charge < -0.3 is 9.47 Å². The molecule has 0 amide bonds. The van der Waals surface area contributed by atoms with Crippen molar-refractivity contribution in [3.8, 4) is 5.75 Å². The molecule has 0 aliphatic heterocycles. The number of hydrogen-bond acceptors (Lipinski definition) is 5. The number of rotatable bonds is 7. The van der Waals surface area contributed by atoms with E-state index in [0.29, 0.717) is 11.3 Å². The van der Waals surface area contributed by atoms with Crippen LogP contribution in [0.3, 0.4) is 0 Å². The van der Waals surface area contributed by atoms with Crippen LogP contribution in [-0.4, -0.2) is 28.6 Å². The van der Waals surface area contributed by atoms with Gasteiger partial charge in [0.25, 0.3) is 0 Å². The van der Waals surface area contributed by atoms with E-state index in [-0.39, 0.29) is 10.5 Å². The van der Waals surface area contributed by atoms with Crippen molar-refractivity contribution in [1.29, 1.82) is 0 Å². The van der Waals surface area contributed by atoms with Crippen molar-refractivity contribution in [1.82, 2.24) is 4.72 Å². The number of ether oxygens (including phenoxy) is 2. The minimum absolute atomic E-state index is 0.0200. The topological polar surface area (TPSA) is 81.7 Å². The van der Waals surface area contributed by atoms with Gasteiger partial charge in [-0.1, -0.05) is 36.4 Å². The number of benzene rings is 2. The number of aryl methyl sites for hydroxylation is 1. The lowest BCUT2D eigenvalue weighted by molar-refractivity contribution is -0.136. The largest absolute Gasteiger partial charge is 0.497 e. The smallest absolute Gasteiger partial charge is 0.335 e. The average Bonchev–Trinajstić information content (AvgIpc) is 2.65. The maximum absolute atomic E-state index is 12.7. The van der Waals surface area contributed by atoms with Gasteiger partial charge in [0.2, 0.25) is 10.0 Å². The predicted octanol–water partition coefficient (Wildman–Crippen LogP) is 2.75. The van der Waals surface area contributed by atoms with Gasteiger partial charge in [0.1, 0.15) is 5.75 Å². The monoisotopic (exact) mass is 375 g/mol. The minimum Gasteiger partial charge on any atom is -0.497 e. The Kier molecular flexibility index (Phi) is 6.18. The summed E-state index contributed by atoms with van der Waals surface area (Å²) in [5, 5.41) is 0. The summed E-state index contributed by atoms with van der Waals surface area (Å²) in [6.07, 6.45) is 0. The van der Waals surface area contributed by atoms with Gasteiger partial charge in [-0.05, 0) is 36.8 Å². The molecule has 1 N–H and O–H groups in total. The van der Waals surface area contributed by atoms with E-state index in [0.717, 1.165) is 5.56 Å². The zero-order chi connectivity index (χ0) is 19.3. The first-order valence-corrected chi connectivity index (χ1v) is 9.27. The molecule has 0 heterocycles. The Bertz CT molecular complexity index is 887. The molecule has 1 atom stereocenters. The average molecular weight is 375 g/mol. The van der Waals surface area contributed by atoms with Crippen LogP contribution in [-0.2, 0) is 19.6 Å². The summed E-state index contributed by atoms with van der Waals surface area (Å²) in [5.74, 6) is -0.0880. The Morgan fingerprint density at radius 2 is 1.62 bits per heavy atom. The Morgan fingerprint density at radius 1 is 1.04 bits per heavy atom. The van der Waals surface area contributed by atoms with Crippen LogP contribution < -0.4 is 9.46 Å². The quantitative estimate of drug-likeness (QED) is 0.594. The third kappa shape index (κ3) is 4.50. The van der Waals surface area contributed by atoms with Crippen LogP contribution >= 0.6 is 0 Å². The lowest BCUT2D eigenvalue weighted by Gasteiger charge is -2.20. The number of nitrogens with one attached hydrogen (secondary N) is 1. The van der Waals surface area contributed by atoms with E-state index < -0.39 is 22.0 Å². The number of esters is 1. The minimum atomic E-state index is -3.88. The lowest BCUT2D eigenvalue weighted by atomic mass is 10.0. The number of methoxy groups -OCH3 is 2. The van der Waals surface area contributed by atoms with Crippen molar-refractivity contribution in [2.45, 2.75) is 17.9 Å². The van der Waals surface area contributed by atoms with E-state index in [1.54, 1.807) is 36.4 Å². The molecule has 2 aromatic rings. The van der Waals surface area contributed by atoms with E-state index in [2.05, 4.69) is 11.3 Å². The van der Waals surface area contributed by atoms with Gasteiger partial charge in [0, 0.05) is 0 Å². The molecule has 0 bridgehead atoms. The first-order valence-electron chi connectivity index (χ1n) is 7.78. The highest BCUT2D eigenvalue weighted by Gasteiger charge is 2.27. The first-order chi connectivity index (χ1) is 12.3. The second-order valence-corrected chi connectivity index (χ2v) is 7.37. The van der Waals surface area contributed by atoms with Crippen molar-refractivity contribution < 1.29 is 22.7 Å². The molecule has 2 rings (SSSR count). The van der Waals surface area contributed by atoms with Crippen molar-refractivity contribution in [3.05, 3.63) is 71.8 Å². The number of hydrogen-bond donors (Lipinski definition) is 1. The van der Waals surface area contributed by atoms with Crippen molar-refractivity contribution >= 4 is 16.0 Å². The van der Waals surface area contributed by atoms with Crippen LogP contribution in [0, 0.1) is 6.92 Å². The highest BCUT2D eigenvalue weighted by molar-refractivity contribution is 7.89. The van der Waals surface area contributed by atoms with Crippen LogP contribution in [0.5, 0.6) is 5.75 Å². The Morgan fingerprint density at radius 3 is 2.12 bits per heavy atom. The highest BCUT2D eigenvalue weighted by atomic mass is 32.2. The van der Waals surface area contributed by atoms with Gasteiger partial charge in [-0.25, -0.2) is 13.2 Å². The molecule has 0 saturated heterocycles. The van der Waals surface area contributed by atoms with Gasteiger partial charge in [-0.15, -0.1) is 0 Å². The van der Waals surface area contributed by atoms with Gasteiger partial charge in [-0.3, -0.25) is 0 Å². The summed E-state index contributed by atoms with van der Waals surface area (Å²) in [6.45, 7) is 5.57. The van der Waals surface area contributed by atoms with Gasteiger partial charge >= 0.3 is 5.97 Å². The van der Waals surface area contributed by atoms with E-state index >= 15 is 0 Å². The summed E-state index contributed by atoms with van der Waals surface area (Å²) in [4.78, 5) is 12.0. The van der Waals surface area contributed by atoms with E-state index in [1.807, 2.05) is 6.92 Å². The maximum atomic E-state index is 12.7. The molecule has 7 heteroatoms. The molecule has 0 aliphatic carbocycles. The first kappa shape index (κ1) is 19.7. The molecule has 0 fully saturated rings. The third-order valence-electron chi connectivity index (χ3n) is 3.85. The normalized spacial score (nSPS) is 12.3. The molecule has 0 radical (unpaired) electrons. The summed E-state index contributed by atoms with van der Waals surface area (Å²) < 4.78 is 37.8. The van der Waals surface area contributed by atoms with Crippen LogP contribution in [0.2, 0.25) is 0 Å². The molecule has 0 saturated carbocycles. The SMILES string of the molecule is C=C(C(=O)OC)[C@H](NS(=O)(=O)c1ccc(C)cc1)c1ccc(OC)cc1. The Hall–Kier alpha value is -2.64. The lowest BCUT2D eigenvalue weighted by Crippen LogP contribution is -2.32. The summed E-state index contributed by atoms with van der Waals surface area (Å²) in [6, 6.07) is 12.1. The molecule has 0 aromatic heterocycles. The van der Waals surface area contributed by atoms with Crippen molar-refractivity contribution in [2.24, 2.45) is 0 Å². The molecule has 26 heavy (non-hydrogen) atoms. The highest BCUT2D eigenvalue weighted by Crippen LogP contribution is 2.26. The van der Waals surface area contributed by atoms with Crippen LogP contribution in [0.1, 0.15) is 17.2 Å². The number of carbonyl (C=O) groups excluding carboxylic acids is 1. The van der Waals surface area contributed by atoms with Gasteiger partial charge in [0.15, 0.2) is 0 Å². The van der Waals surface area contributed by atoms with Gasteiger partial charge in [-0.2, -0.15) is 4.72 Å². The second kappa shape index (κ2) is 8.16. The van der Waals surface area contributed by atoms with Crippen molar-refractivity contribution in [3.63, 3.8) is 0 Å². The number of carbonyl (C=O) groups is 1. The standard InChI is InChI=1S/C19H21NO5S/c1-13-5-11-17(12-6-13)26(22,23)20-18(14(2)19(21)25-4)15-7-9-16(24-3)10-8-15/h5-12,18,20H,2H2,1,3-4H3/t18-/m0/s1. The van der Waals surface area contributed by atoms with E-state index in [1.165, 1.54) is 26.4 Å². The van der Waals surface area contributed by atoms with Crippen LogP contribution in [0.25, 0.3) is 0 Å². The Labute approximate surface area is 153 Å². The molecular weight excluding hydrogens is 354 g/mol. The predicted molar refractivity (Wildman–Crippen MR) is 98.4 cm³/mol. The Balaban J connectivity index is 2.41. The fraction of sp³-hybridized carbons (Fsp3) is 0.211. The van der Waals surface area contributed by atoms with Crippen LogP contribution in [0.4, 0.5) is 0 Å². The molecule has 138 valence electrons. The van der Waals surface area contributed by atoms with Crippen LogP contribution in [0.15, 0.2) is 65.6 Å². The maximum Gasteiger partial charge on any atom is 0.335 e. The second-order valence-electron chi connectivity index (χ2n) is 5.66.